The molecule has 0 aromatic carbocycles. The molecule has 2 fully saturated rings. The second-order valence-electron chi connectivity index (χ2n) is 5.92. The molecule has 7 heteroatoms. The highest BCUT2D eigenvalue weighted by Gasteiger charge is 2.34. The van der Waals surface area contributed by atoms with E-state index in [1.165, 1.54) is 0 Å². The van der Waals surface area contributed by atoms with Crippen LogP contribution >= 0.6 is 0 Å². The van der Waals surface area contributed by atoms with Crippen LogP contribution in [0.5, 0.6) is 0 Å². The molecule has 1 amide bonds. The minimum Gasteiger partial charge on any atom is -0.450 e. The van der Waals surface area contributed by atoms with Crippen LogP contribution in [-0.2, 0) is 4.74 Å². The fourth-order valence-corrected chi connectivity index (χ4v) is 2.71. The van der Waals surface area contributed by atoms with Crippen molar-refractivity contribution in [2.45, 2.75) is 38.7 Å². The van der Waals surface area contributed by atoms with Crippen LogP contribution in [0.4, 0.5) is 4.79 Å². The van der Waals surface area contributed by atoms with E-state index in [2.05, 4.69) is 15.2 Å². The van der Waals surface area contributed by atoms with Gasteiger partial charge in [0.15, 0.2) is 5.96 Å². The summed E-state index contributed by atoms with van der Waals surface area (Å²) in [7, 11) is 0. The van der Waals surface area contributed by atoms with Gasteiger partial charge in [0.05, 0.1) is 18.8 Å². The van der Waals surface area contributed by atoms with E-state index in [4.69, 9.17) is 4.74 Å². The molecule has 2 aliphatic rings. The summed E-state index contributed by atoms with van der Waals surface area (Å²) in [5.41, 5.74) is -0.604. The highest BCUT2D eigenvalue weighted by atomic mass is 16.6. The number of carbonyl (C=O) groups is 1. The average molecular weight is 312 g/mol. The number of nitrogens with one attached hydrogen (secondary N) is 1. The van der Waals surface area contributed by atoms with Crippen molar-refractivity contribution in [3.8, 4) is 0 Å². The summed E-state index contributed by atoms with van der Waals surface area (Å²) in [6, 6.07) is 0. The van der Waals surface area contributed by atoms with E-state index in [1.807, 2.05) is 13.8 Å². The number of amides is 1. The maximum atomic E-state index is 11.7. The molecule has 0 aromatic heterocycles. The standard InChI is InChI=1S/C15H28N4O3/c1-3-16-13(17-12-15(21)6-5-7-15)18-8-10-19(11-9-18)14(20)22-4-2/h21H,3-12H2,1-2H3,(H,16,17). The lowest BCUT2D eigenvalue weighted by Gasteiger charge is -2.38. The lowest BCUT2D eigenvalue weighted by atomic mass is 9.80. The first-order valence-corrected chi connectivity index (χ1v) is 8.25. The van der Waals surface area contributed by atoms with Crippen LogP contribution in [0.1, 0.15) is 33.1 Å². The van der Waals surface area contributed by atoms with Crippen molar-refractivity contribution in [2.75, 3.05) is 45.9 Å². The number of aliphatic imine (C=N–C) groups is 1. The van der Waals surface area contributed by atoms with Gasteiger partial charge in [-0.1, -0.05) is 0 Å². The van der Waals surface area contributed by atoms with Gasteiger partial charge in [0.1, 0.15) is 0 Å². The van der Waals surface area contributed by atoms with Crippen LogP contribution in [0.3, 0.4) is 0 Å². The molecule has 1 heterocycles. The predicted molar refractivity (Wildman–Crippen MR) is 84.9 cm³/mol. The molecule has 2 N–H and O–H groups in total. The number of hydrogen-bond acceptors (Lipinski definition) is 4. The Morgan fingerprint density at radius 1 is 1.23 bits per heavy atom. The lowest BCUT2D eigenvalue weighted by Crippen LogP contribution is -2.54. The van der Waals surface area contributed by atoms with Crippen molar-refractivity contribution < 1.29 is 14.6 Å². The Labute approximate surface area is 132 Å². The summed E-state index contributed by atoms with van der Waals surface area (Å²) in [5, 5.41) is 13.4. The van der Waals surface area contributed by atoms with Crippen molar-refractivity contribution in [3.63, 3.8) is 0 Å². The normalized spacial score (nSPS) is 21.3. The quantitative estimate of drug-likeness (QED) is 0.588. The summed E-state index contributed by atoms with van der Waals surface area (Å²) in [5.74, 6) is 0.825. The third-order valence-electron chi connectivity index (χ3n) is 4.25. The number of rotatable bonds is 4. The minimum atomic E-state index is -0.604. The monoisotopic (exact) mass is 312 g/mol. The number of guanidine groups is 1. The summed E-state index contributed by atoms with van der Waals surface area (Å²) in [6.07, 6.45) is 2.52. The molecule has 1 saturated carbocycles. The maximum absolute atomic E-state index is 11.7. The van der Waals surface area contributed by atoms with E-state index in [-0.39, 0.29) is 6.09 Å². The van der Waals surface area contributed by atoms with Crippen molar-refractivity contribution in [3.05, 3.63) is 0 Å². The van der Waals surface area contributed by atoms with Gasteiger partial charge in [-0.05, 0) is 33.1 Å². The van der Waals surface area contributed by atoms with Crippen LogP contribution in [0.15, 0.2) is 4.99 Å². The molecule has 1 aliphatic heterocycles. The zero-order valence-corrected chi connectivity index (χ0v) is 13.7. The molecule has 1 aliphatic carbocycles. The summed E-state index contributed by atoms with van der Waals surface area (Å²) in [6.45, 7) is 8.20. The number of nitrogens with zero attached hydrogens (tertiary/aromatic N) is 3. The van der Waals surface area contributed by atoms with Crippen LogP contribution in [0, 0.1) is 0 Å². The van der Waals surface area contributed by atoms with E-state index >= 15 is 0 Å². The number of ether oxygens (including phenoxy) is 1. The zero-order valence-electron chi connectivity index (χ0n) is 13.7. The number of piperazine rings is 1. The highest BCUT2D eigenvalue weighted by Crippen LogP contribution is 2.31. The predicted octanol–water partition coefficient (Wildman–Crippen LogP) is 0.641. The van der Waals surface area contributed by atoms with E-state index in [0.717, 1.165) is 44.9 Å². The molecular weight excluding hydrogens is 284 g/mol. The summed E-state index contributed by atoms with van der Waals surface area (Å²) < 4.78 is 5.03. The van der Waals surface area contributed by atoms with Gasteiger partial charge < -0.3 is 25.0 Å². The fourth-order valence-electron chi connectivity index (χ4n) is 2.71. The van der Waals surface area contributed by atoms with Gasteiger partial charge in [-0.3, -0.25) is 4.99 Å². The number of aliphatic hydroxyl groups is 1. The first-order chi connectivity index (χ1) is 10.6. The van der Waals surface area contributed by atoms with Gasteiger partial charge in [-0.25, -0.2) is 4.79 Å². The van der Waals surface area contributed by atoms with E-state index in [9.17, 15) is 9.90 Å². The molecule has 7 nitrogen and oxygen atoms in total. The topological polar surface area (TPSA) is 77.4 Å². The van der Waals surface area contributed by atoms with Gasteiger partial charge in [0.2, 0.25) is 0 Å². The summed E-state index contributed by atoms with van der Waals surface area (Å²) >= 11 is 0. The summed E-state index contributed by atoms with van der Waals surface area (Å²) in [4.78, 5) is 20.2. The van der Waals surface area contributed by atoms with Gasteiger partial charge in [-0.15, -0.1) is 0 Å². The van der Waals surface area contributed by atoms with Gasteiger partial charge in [0, 0.05) is 32.7 Å². The Morgan fingerprint density at radius 2 is 1.86 bits per heavy atom. The van der Waals surface area contributed by atoms with Gasteiger partial charge in [-0.2, -0.15) is 0 Å². The molecule has 0 aromatic rings. The molecule has 0 bridgehead atoms. The van der Waals surface area contributed by atoms with Crippen LogP contribution < -0.4 is 5.32 Å². The van der Waals surface area contributed by atoms with Crippen molar-refractivity contribution in [2.24, 2.45) is 4.99 Å². The third kappa shape index (κ3) is 4.25. The minimum absolute atomic E-state index is 0.243. The highest BCUT2D eigenvalue weighted by molar-refractivity contribution is 5.80. The largest absolute Gasteiger partial charge is 0.450 e. The van der Waals surface area contributed by atoms with Crippen LogP contribution in [0.25, 0.3) is 0 Å². The SMILES string of the molecule is CCNC(=NCC1(O)CCC1)N1CCN(C(=O)OCC)CC1. The molecule has 2 rings (SSSR count). The second kappa shape index (κ2) is 7.67. The molecular formula is C15H28N4O3. The fraction of sp³-hybridized carbons (Fsp3) is 0.867. The van der Waals surface area contributed by atoms with Crippen molar-refractivity contribution in [1.29, 1.82) is 0 Å². The second-order valence-corrected chi connectivity index (χ2v) is 5.92. The Bertz CT molecular complexity index is 402. The van der Waals surface area contributed by atoms with Gasteiger partial charge in [0.25, 0.3) is 0 Å². The van der Waals surface area contributed by atoms with Crippen molar-refractivity contribution >= 4 is 12.1 Å². The molecule has 22 heavy (non-hydrogen) atoms. The smallest absolute Gasteiger partial charge is 0.409 e. The number of carbonyl (C=O) groups excluding carboxylic acids is 1. The maximum Gasteiger partial charge on any atom is 0.409 e. The lowest BCUT2D eigenvalue weighted by molar-refractivity contribution is -0.0238. The van der Waals surface area contributed by atoms with Crippen molar-refractivity contribution in [1.82, 2.24) is 15.1 Å². The Balaban J connectivity index is 1.87. The number of hydrogen-bond donors (Lipinski definition) is 2. The van der Waals surface area contributed by atoms with Crippen LogP contribution in [0.2, 0.25) is 0 Å². The average Bonchev–Trinajstić information content (AvgIpc) is 2.50. The molecule has 1 saturated heterocycles. The Morgan fingerprint density at radius 3 is 2.36 bits per heavy atom. The van der Waals surface area contributed by atoms with E-state index in [1.54, 1.807) is 4.90 Å². The first-order valence-electron chi connectivity index (χ1n) is 8.25. The first kappa shape index (κ1) is 16.9. The van der Waals surface area contributed by atoms with Gasteiger partial charge >= 0.3 is 6.09 Å². The third-order valence-corrected chi connectivity index (χ3v) is 4.25. The van der Waals surface area contributed by atoms with E-state index < -0.39 is 5.60 Å². The molecule has 0 spiro atoms. The van der Waals surface area contributed by atoms with Crippen LogP contribution in [-0.4, -0.2) is 78.4 Å². The Hall–Kier alpha value is -1.50. The molecule has 126 valence electrons. The van der Waals surface area contributed by atoms with E-state index in [0.29, 0.717) is 26.2 Å². The molecule has 0 radical (unpaired) electrons. The Kier molecular flexibility index (Phi) is 5.88. The molecule has 0 atom stereocenters. The zero-order chi connectivity index (χ0) is 16.0. The molecule has 0 unspecified atom stereocenters.